The molecular weight excluding hydrogens is 624 g/mol. The number of fused-ring (bicyclic) bond motifs is 2. The molecule has 2 bridgehead atoms. The van der Waals surface area contributed by atoms with Gasteiger partial charge in [0, 0.05) is 56.2 Å². The van der Waals surface area contributed by atoms with E-state index in [1.807, 2.05) is 25.3 Å². The normalized spacial score (nSPS) is 22.8. The molecule has 2 saturated heterocycles. The topological polar surface area (TPSA) is 150 Å². The number of nitriles is 1. The van der Waals surface area contributed by atoms with Crippen LogP contribution < -0.4 is 14.8 Å². The number of anilines is 2. The minimum Gasteiger partial charge on any atom is -0.487 e. The van der Waals surface area contributed by atoms with Crippen molar-refractivity contribution >= 4 is 11.6 Å². The van der Waals surface area contributed by atoms with Gasteiger partial charge in [0.2, 0.25) is 5.95 Å². The van der Waals surface area contributed by atoms with Crippen LogP contribution in [0.25, 0.3) is 11.1 Å². The van der Waals surface area contributed by atoms with Gasteiger partial charge in [0.15, 0.2) is 0 Å². The maximum absolute atomic E-state index is 9.68. The van der Waals surface area contributed by atoms with E-state index in [1.54, 1.807) is 36.6 Å². The second-order valence-corrected chi connectivity index (χ2v) is 13.1. The van der Waals surface area contributed by atoms with Crippen molar-refractivity contribution in [2.45, 2.75) is 88.7 Å². The number of morpholine rings is 1. The average Bonchev–Trinajstić information content (AvgIpc) is 3.85. The van der Waals surface area contributed by atoms with E-state index in [9.17, 15) is 5.26 Å². The van der Waals surface area contributed by atoms with E-state index in [1.165, 1.54) is 19.2 Å². The summed E-state index contributed by atoms with van der Waals surface area (Å²) in [6.45, 7) is 5.30. The lowest BCUT2D eigenvalue weighted by Gasteiger charge is -2.43. The first-order valence-electron chi connectivity index (χ1n) is 17.3. The van der Waals surface area contributed by atoms with Crippen LogP contribution in [0.5, 0.6) is 11.6 Å². The molecule has 7 rings (SSSR count). The molecule has 0 unspecified atom stereocenters. The molecule has 1 N–H and O–H groups in total. The third-order valence-corrected chi connectivity index (χ3v) is 9.76. The second kappa shape index (κ2) is 15.3. The Morgan fingerprint density at radius 3 is 2.47 bits per heavy atom. The molecule has 1 saturated carbocycles. The first-order valence-corrected chi connectivity index (χ1v) is 17.3. The van der Waals surface area contributed by atoms with Crippen LogP contribution in [-0.4, -0.2) is 97.2 Å². The van der Waals surface area contributed by atoms with Gasteiger partial charge >= 0.3 is 0 Å². The van der Waals surface area contributed by atoms with E-state index >= 15 is 0 Å². The smallest absolute Gasteiger partial charge is 0.256 e. The summed E-state index contributed by atoms with van der Waals surface area (Å²) in [7, 11) is 1.69. The number of hydrogen-bond donors (Lipinski definition) is 1. The summed E-state index contributed by atoms with van der Waals surface area (Å²) in [4.78, 5) is 16.0. The van der Waals surface area contributed by atoms with E-state index < -0.39 is 0 Å². The van der Waals surface area contributed by atoms with Crippen molar-refractivity contribution in [3.05, 3.63) is 55.0 Å². The molecule has 0 spiro atoms. The molecule has 49 heavy (non-hydrogen) atoms. The van der Waals surface area contributed by atoms with Crippen molar-refractivity contribution in [2.75, 3.05) is 38.9 Å². The molecule has 3 aromatic heterocycles. The van der Waals surface area contributed by atoms with E-state index in [-0.39, 0.29) is 6.10 Å². The van der Waals surface area contributed by atoms with Crippen LogP contribution >= 0.6 is 0 Å². The zero-order valence-electron chi connectivity index (χ0n) is 28.1. The lowest BCUT2D eigenvalue weighted by Crippen LogP contribution is -2.52. The van der Waals surface area contributed by atoms with E-state index in [0.717, 1.165) is 62.1 Å². The van der Waals surface area contributed by atoms with Gasteiger partial charge in [0.05, 0.1) is 44.2 Å². The highest BCUT2D eigenvalue weighted by atomic mass is 16.5. The maximum Gasteiger partial charge on any atom is 0.256 e. The monoisotopic (exact) mass is 668 g/mol. The molecule has 14 heteroatoms. The van der Waals surface area contributed by atoms with Crippen LogP contribution in [0.1, 0.15) is 63.5 Å². The Morgan fingerprint density at radius 2 is 1.76 bits per heavy atom. The van der Waals surface area contributed by atoms with Crippen LogP contribution in [0.3, 0.4) is 0 Å². The molecular formula is C35H44N10O4. The van der Waals surface area contributed by atoms with Crippen molar-refractivity contribution in [1.29, 1.82) is 5.26 Å². The molecule has 1 aliphatic carbocycles. The van der Waals surface area contributed by atoms with Gasteiger partial charge in [-0.3, -0.25) is 9.58 Å². The fraction of sp³-hybridized carbons (Fsp3) is 0.543. The van der Waals surface area contributed by atoms with E-state index in [4.69, 9.17) is 24.0 Å². The zero-order valence-corrected chi connectivity index (χ0v) is 28.1. The van der Waals surface area contributed by atoms with Gasteiger partial charge in [-0.2, -0.15) is 10.4 Å². The van der Waals surface area contributed by atoms with Crippen molar-refractivity contribution in [3.63, 3.8) is 0 Å². The number of hydrogen-bond acceptors (Lipinski definition) is 12. The summed E-state index contributed by atoms with van der Waals surface area (Å²) >= 11 is 0. The van der Waals surface area contributed by atoms with Gasteiger partial charge in [0.25, 0.3) is 5.88 Å². The Morgan fingerprint density at radius 1 is 1.00 bits per heavy atom. The summed E-state index contributed by atoms with van der Waals surface area (Å²) in [5.74, 6) is 1.46. The summed E-state index contributed by atoms with van der Waals surface area (Å²) < 4.78 is 27.1. The molecule has 4 aromatic rings. The van der Waals surface area contributed by atoms with Crippen LogP contribution in [-0.2, 0) is 16.0 Å². The summed E-state index contributed by atoms with van der Waals surface area (Å²) in [5, 5.41) is 22.1. The number of ether oxygens (including phenoxy) is 4. The van der Waals surface area contributed by atoms with E-state index in [0.29, 0.717) is 67.1 Å². The van der Waals surface area contributed by atoms with Gasteiger partial charge in [-0.15, -0.1) is 5.10 Å². The number of nitrogens with zero attached hydrogens (tertiary/aromatic N) is 9. The van der Waals surface area contributed by atoms with E-state index in [2.05, 4.69) is 41.0 Å². The standard InChI is InChI=1S/C35H44N10O4/c1-24(18-43-23-37-22-40-43)49-33-14-25(4-5-26(33)15-36)27-16-38-35(39-17-27)41-32-19-44(42-34(32)48-13-3-12-46-2)28-6-8-29(9-7-28)45-30-10-11-31(45)21-47-20-30/h4-5,14,16-17,19,22-24,28-31H,3,6-13,18,20-21H2,1-2H3,(H,38,39,41)/t24-,28-,29-,30-,31+/m0/s1. The molecule has 3 aliphatic rings. The Kier molecular flexibility index (Phi) is 10.3. The van der Waals surface area contributed by atoms with Crippen molar-refractivity contribution < 1.29 is 18.9 Å². The van der Waals surface area contributed by atoms with Crippen LogP contribution in [0, 0.1) is 11.3 Å². The predicted molar refractivity (Wildman–Crippen MR) is 181 cm³/mol. The first kappa shape index (κ1) is 32.9. The highest BCUT2D eigenvalue weighted by Gasteiger charge is 2.42. The number of rotatable bonds is 14. The fourth-order valence-electron chi connectivity index (χ4n) is 7.40. The molecule has 0 amide bonds. The first-order chi connectivity index (χ1) is 24.1. The lowest BCUT2D eigenvalue weighted by atomic mass is 9.89. The highest BCUT2D eigenvalue weighted by molar-refractivity contribution is 5.67. The number of aromatic nitrogens is 7. The van der Waals surface area contributed by atoms with Crippen LogP contribution in [0.2, 0.25) is 0 Å². The molecule has 3 atom stereocenters. The summed E-state index contributed by atoms with van der Waals surface area (Å²) in [6.07, 6.45) is 16.2. The van der Waals surface area contributed by atoms with Gasteiger partial charge in [-0.1, -0.05) is 6.07 Å². The van der Waals surface area contributed by atoms with Crippen molar-refractivity contribution in [1.82, 2.24) is 39.4 Å². The third-order valence-electron chi connectivity index (χ3n) is 9.76. The fourth-order valence-corrected chi connectivity index (χ4v) is 7.40. The number of methoxy groups -OCH3 is 1. The number of benzene rings is 1. The molecule has 3 fully saturated rings. The molecule has 5 heterocycles. The maximum atomic E-state index is 9.68. The minimum absolute atomic E-state index is 0.228. The van der Waals surface area contributed by atoms with Crippen LogP contribution in [0.4, 0.5) is 11.6 Å². The summed E-state index contributed by atoms with van der Waals surface area (Å²) in [6, 6.07) is 9.79. The average molecular weight is 669 g/mol. The summed E-state index contributed by atoms with van der Waals surface area (Å²) in [5.41, 5.74) is 2.81. The Hall–Kier alpha value is -4.58. The minimum atomic E-state index is -0.228. The largest absolute Gasteiger partial charge is 0.487 e. The quantitative estimate of drug-likeness (QED) is 0.184. The Balaban J connectivity index is 1.02. The predicted octanol–water partition coefficient (Wildman–Crippen LogP) is 4.78. The number of nitrogens with one attached hydrogen (secondary N) is 1. The molecule has 14 nitrogen and oxygen atoms in total. The van der Waals surface area contributed by atoms with Gasteiger partial charge in [-0.25, -0.2) is 19.6 Å². The molecule has 258 valence electrons. The molecule has 0 radical (unpaired) electrons. The van der Waals surface area contributed by atoms with Crippen molar-refractivity contribution in [3.8, 4) is 28.8 Å². The van der Waals surface area contributed by atoms with Gasteiger partial charge < -0.3 is 24.3 Å². The molecule has 2 aliphatic heterocycles. The lowest BCUT2D eigenvalue weighted by molar-refractivity contribution is -0.0458. The van der Waals surface area contributed by atoms with Gasteiger partial charge in [-0.05, 0) is 63.1 Å². The Bertz CT molecular complexity index is 1680. The highest BCUT2D eigenvalue weighted by Crippen LogP contribution is 2.39. The molecule has 1 aromatic carbocycles. The van der Waals surface area contributed by atoms with Crippen LogP contribution in [0.15, 0.2) is 49.4 Å². The third kappa shape index (κ3) is 7.69. The SMILES string of the molecule is COCCCOc1nn([C@H]2CC[C@H](N3[C@@H]4CC[C@H]3COC4)CC2)cc1Nc1ncc(-c2ccc(C#N)c(O[C@@H](C)Cn3cncn3)c2)cn1. The van der Waals surface area contributed by atoms with Crippen molar-refractivity contribution in [2.24, 2.45) is 0 Å². The Labute approximate surface area is 286 Å². The van der Waals surface area contributed by atoms with Gasteiger partial charge in [0.1, 0.15) is 36.3 Å². The second-order valence-electron chi connectivity index (χ2n) is 13.1. The zero-order chi connectivity index (χ0) is 33.6.